The van der Waals surface area contributed by atoms with Crippen LogP contribution in [0.2, 0.25) is 0 Å². The van der Waals surface area contributed by atoms with Crippen molar-refractivity contribution in [3.63, 3.8) is 0 Å². The smallest absolute Gasteiger partial charge is 0.359 e. The maximum atomic E-state index is 11.9. The van der Waals surface area contributed by atoms with Crippen LogP contribution in [0.25, 0.3) is 0 Å². The van der Waals surface area contributed by atoms with Crippen molar-refractivity contribution in [3.05, 3.63) is 23.3 Å². The van der Waals surface area contributed by atoms with E-state index in [9.17, 15) is 14.7 Å². The monoisotopic (exact) mass is 267 g/mol. The molecule has 0 atom stereocenters. The van der Waals surface area contributed by atoms with Crippen LogP contribution in [-0.4, -0.2) is 35.3 Å². The summed E-state index contributed by atoms with van der Waals surface area (Å²) in [4.78, 5) is 26.7. The molecule has 6 heteroatoms. The summed E-state index contributed by atoms with van der Waals surface area (Å²) in [7, 11) is 1.15. The van der Waals surface area contributed by atoms with E-state index in [4.69, 9.17) is 5.11 Å². The number of nitrogens with zero attached hydrogens (tertiary/aromatic N) is 1. The minimum atomic E-state index is -0.831. The van der Waals surface area contributed by atoms with Gasteiger partial charge in [0.2, 0.25) is 0 Å². The molecule has 0 aromatic carbocycles. The van der Waals surface area contributed by atoms with Gasteiger partial charge >= 0.3 is 5.97 Å². The zero-order valence-corrected chi connectivity index (χ0v) is 11.1. The third kappa shape index (κ3) is 3.67. The van der Waals surface area contributed by atoms with E-state index in [0.29, 0.717) is 12.7 Å². The number of allylic oxidation sites excluding steroid dienone is 2. The summed E-state index contributed by atoms with van der Waals surface area (Å²) in [5, 5.41) is 18.7. The Morgan fingerprint density at radius 2 is 2.05 bits per heavy atom. The highest BCUT2D eigenvalue weighted by atomic mass is 16.5. The van der Waals surface area contributed by atoms with Crippen molar-refractivity contribution >= 4 is 18.0 Å². The number of Topliss-reactive ketones (excluding diaryl/α,β-unsaturated/α-hetero) is 1. The van der Waals surface area contributed by atoms with Crippen LogP contribution >= 0.6 is 0 Å². The van der Waals surface area contributed by atoms with E-state index in [2.05, 4.69) is 9.73 Å². The Bertz CT molecular complexity index is 485. The first-order valence-corrected chi connectivity index (χ1v) is 5.73. The standard InChI is InChI=1S/C13H17NO5/c1-13(2)4-10(16)8(11(17)5-13)6-14-9(7-15)12(18)19-3/h6-7,15-16H,4-5H2,1-3H3/b9-7+,14-6?. The van der Waals surface area contributed by atoms with E-state index in [-0.39, 0.29) is 34.6 Å². The van der Waals surface area contributed by atoms with Crippen LogP contribution in [-0.2, 0) is 14.3 Å². The molecule has 0 aliphatic heterocycles. The van der Waals surface area contributed by atoms with Crippen molar-refractivity contribution in [2.45, 2.75) is 26.7 Å². The second-order valence-electron chi connectivity index (χ2n) is 5.07. The quantitative estimate of drug-likeness (QED) is 0.352. The summed E-state index contributed by atoms with van der Waals surface area (Å²) >= 11 is 0. The van der Waals surface area contributed by atoms with Crippen LogP contribution in [0.4, 0.5) is 0 Å². The average molecular weight is 267 g/mol. The molecule has 2 N–H and O–H groups in total. The van der Waals surface area contributed by atoms with E-state index >= 15 is 0 Å². The van der Waals surface area contributed by atoms with Gasteiger partial charge in [0.25, 0.3) is 0 Å². The molecule has 0 saturated carbocycles. The molecule has 0 amide bonds. The Kier molecular flexibility index (Phi) is 4.47. The van der Waals surface area contributed by atoms with Crippen molar-refractivity contribution in [2.24, 2.45) is 10.4 Å². The molecule has 0 saturated heterocycles. The van der Waals surface area contributed by atoms with E-state index in [1.807, 2.05) is 13.8 Å². The minimum absolute atomic E-state index is 0.0579. The van der Waals surface area contributed by atoms with E-state index in [1.165, 1.54) is 0 Å². The lowest BCUT2D eigenvalue weighted by molar-refractivity contribution is -0.136. The van der Waals surface area contributed by atoms with E-state index < -0.39 is 5.97 Å². The molecule has 1 rings (SSSR count). The molecule has 0 radical (unpaired) electrons. The molecule has 104 valence electrons. The number of aliphatic imine (C=N–C) groups is 1. The normalized spacial score (nSPS) is 19.9. The molecule has 1 aliphatic carbocycles. The van der Waals surface area contributed by atoms with Crippen LogP contribution in [0.3, 0.4) is 0 Å². The summed E-state index contributed by atoms with van der Waals surface area (Å²) in [6, 6.07) is 0. The van der Waals surface area contributed by atoms with Crippen LogP contribution in [0.5, 0.6) is 0 Å². The molecular formula is C13H17NO5. The number of carbonyl (C=O) groups is 2. The van der Waals surface area contributed by atoms with Gasteiger partial charge in [0, 0.05) is 19.1 Å². The Balaban J connectivity index is 2.99. The second kappa shape index (κ2) is 5.69. The molecule has 0 bridgehead atoms. The van der Waals surface area contributed by atoms with Gasteiger partial charge in [-0.2, -0.15) is 0 Å². The van der Waals surface area contributed by atoms with Crippen molar-refractivity contribution in [1.82, 2.24) is 0 Å². The molecule has 0 spiro atoms. The first kappa shape index (κ1) is 14.9. The number of aliphatic hydroxyl groups excluding tert-OH is 2. The first-order chi connectivity index (χ1) is 8.80. The average Bonchev–Trinajstić information content (AvgIpc) is 2.30. The lowest BCUT2D eigenvalue weighted by Crippen LogP contribution is -2.26. The van der Waals surface area contributed by atoms with Gasteiger partial charge in [0.1, 0.15) is 12.0 Å². The first-order valence-electron chi connectivity index (χ1n) is 5.73. The van der Waals surface area contributed by atoms with Crippen LogP contribution in [0, 0.1) is 5.41 Å². The van der Waals surface area contributed by atoms with Crippen molar-refractivity contribution in [3.8, 4) is 0 Å². The highest BCUT2D eigenvalue weighted by Crippen LogP contribution is 2.35. The fraction of sp³-hybridized carbons (Fsp3) is 0.462. The molecule has 19 heavy (non-hydrogen) atoms. The number of hydrogen-bond acceptors (Lipinski definition) is 6. The predicted molar refractivity (Wildman–Crippen MR) is 68.9 cm³/mol. The molecule has 6 nitrogen and oxygen atoms in total. The molecule has 1 aliphatic rings. The number of rotatable bonds is 3. The molecule has 0 heterocycles. The van der Waals surface area contributed by atoms with Gasteiger partial charge in [0.15, 0.2) is 11.5 Å². The van der Waals surface area contributed by atoms with Gasteiger partial charge in [-0.3, -0.25) is 4.79 Å². The van der Waals surface area contributed by atoms with Crippen LogP contribution in [0.1, 0.15) is 26.7 Å². The molecule has 0 unspecified atom stereocenters. The number of ether oxygens (including phenoxy) is 1. The van der Waals surface area contributed by atoms with E-state index in [0.717, 1.165) is 13.3 Å². The largest absolute Gasteiger partial charge is 0.513 e. The zero-order chi connectivity index (χ0) is 14.6. The maximum Gasteiger partial charge on any atom is 0.359 e. The summed E-state index contributed by atoms with van der Waals surface area (Å²) < 4.78 is 4.39. The van der Waals surface area contributed by atoms with Gasteiger partial charge in [-0.15, -0.1) is 0 Å². The van der Waals surface area contributed by atoms with Crippen LogP contribution in [0.15, 0.2) is 28.3 Å². The number of ketones is 1. The SMILES string of the molecule is COC(=O)/C(=C\O)N=CC1=C(O)CC(C)(C)CC1=O. The molecule has 0 fully saturated rings. The Morgan fingerprint density at radius 3 is 2.53 bits per heavy atom. The van der Waals surface area contributed by atoms with Gasteiger partial charge in [-0.05, 0) is 5.41 Å². The fourth-order valence-corrected chi connectivity index (χ4v) is 1.83. The fourth-order valence-electron chi connectivity index (χ4n) is 1.83. The molecule has 0 aromatic rings. The number of hydrogen-bond donors (Lipinski definition) is 2. The van der Waals surface area contributed by atoms with Gasteiger partial charge in [-0.25, -0.2) is 9.79 Å². The molecular weight excluding hydrogens is 250 g/mol. The van der Waals surface area contributed by atoms with E-state index in [1.54, 1.807) is 0 Å². The number of esters is 1. The number of carbonyl (C=O) groups excluding carboxylic acids is 2. The number of methoxy groups -OCH3 is 1. The third-order valence-electron chi connectivity index (χ3n) is 2.75. The molecule has 0 aromatic heterocycles. The van der Waals surface area contributed by atoms with Crippen molar-refractivity contribution in [2.75, 3.05) is 7.11 Å². The maximum absolute atomic E-state index is 11.9. The van der Waals surface area contributed by atoms with Crippen molar-refractivity contribution < 1.29 is 24.5 Å². The highest BCUT2D eigenvalue weighted by Gasteiger charge is 2.32. The third-order valence-corrected chi connectivity index (χ3v) is 2.75. The summed E-state index contributed by atoms with van der Waals surface area (Å²) in [6.45, 7) is 3.76. The Hall–Kier alpha value is -2.11. The second-order valence-corrected chi connectivity index (χ2v) is 5.07. The lowest BCUT2D eigenvalue weighted by Gasteiger charge is -2.28. The Labute approximate surface area is 111 Å². The minimum Gasteiger partial charge on any atom is -0.513 e. The number of aliphatic hydroxyl groups is 2. The van der Waals surface area contributed by atoms with Crippen LogP contribution < -0.4 is 0 Å². The van der Waals surface area contributed by atoms with Gasteiger partial charge in [0.05, 0.1) is 12.7 Å². The lowest BCUT2D eigenvalue weighted by atomic mass is 9.77. The topological polar surface area (TPSA) is 96.2 Å². The summed E-state index contributed by atoms with van der Waals surface area (Å²) in [6.07, 6.45) is 2.20. The summed E-state index contributed by atoms with van der Waals surface area (Å²) in [5.74, 6) is -1.14. The highest BCUT2D eigenvalue weighted by molar-refractivity contribution is 6.15. The van der Waals surface area contributed by atoms with Gasteiger partial charge < -0.3 is 14.9 Å². The Morgan fingerprint density at radius 1 is 1.42 bits per heavy atom. The van der Waals surface area contributed by atoms with Gasteiger partial charge in [-0.1, -0.05) is 13.8 Å². The predicted octanol–water partition coefficient (Wildman–Crippen LogP) is 1.83. The van der Waals surface area contributed by atoms with Crippen molar-refractivity contribution in [1.29, 1.82) is 0 Å². The summed E-state index contributed by atoms with van der Waals surface area (Å²) in [5.41, 5.74) is -0.584. The zero-order valence-electron chi connectivity index (χ0n) is 11.1.